The van der Waals surface area contributed by atoms with Crippen LogP contribution >= 0.6 is 0 Å². The average Bonchev–Trinajstić information content (AvgIpc) is 3.58. The standard InChI is InChI=1S/C26H36N6O2/c1-17(2)24(25-28-29-30-32(25)16-22-9-6-12-34-22)31(21-7-4-5-8-21)15-20-14-19-13-18(3)10-11-23(19)27-26(20)33/h10-11,13-14,17,21-22,24H,4-9,12,15-16H2,1-3H3,(H,27,33)/t22-,24-/m0/s1. The molecule has 2 atom stereocenters. The van der Waals surface area contributed by atoms with E-state index < -0.39 is 0 Å². The summed E-state index contributed by atoms with van der Waals surface area (Å²) in [5.41, 5.74) is 2.86. The van der Waals surface area contributed by atoms with Crippen LogP contribution in [-0.4, -0.2) is 48.8 Å². The first-order valence-corrected chi connectivity index (χ1v) is 12.8. The van der Waals surface area contributed by atoms with Gasteiger partial charge in [0.05, 0.1) is 18.7 Å². The van der Waals surface area contributed by atoms with E-state index in [1.165, 1.54) is 18.4 Å². The molecule has 2 aromatic heterocycles. The molecule has 3 aromatic rings. The van der Waals surface area contributed by atoms with Crippen molar-refractivity contribution in [3.63, 3.8) is 0 Å². The highest BCUT2D eigenvalue weighted by atomic mass is 16.5. The number of hydrogen-bond acceptors (Lipinski definition) is 6. The van der Waals surface area contributed by atoms with Crippen molar-refractivity contribution < 1.29 is 4.74 Å². The molecule has 1 aromatic carbocycles. The molecule has 2 fully saturated rings. The molecule has 3 heterocycles. The van der Waals surface area contributed by atoms with E-state index in [1.807, 2.05) is 16.8 Å². The number of tetrazole rings is 1. The van der Waals surface area contributed by atoms with Gasteiger partial charge in [-0.1, -0.05) is 38.3 Å². The van der Waals surface area contributed by atoms with Crippen LogP contribution in [0.5, 0.6) is 0 Å². The number of aryl methyl sites for hydroxylation is 1. The first-order chi connectivity index (χ1) is 16.5. The Morgan fingerprint density at radius 2 is 2.00 bits per heavy atom. The molecule has 8 heteroatoms. The fraction of sp³-hybridized carbons (Fsp3) is 0.615. The molecule has 182 valence electrons. The molecule has 1 N–H and O–H groups in total. The lowest BCUT2D eigenvalue weighted by atomic mass is 9.97. The third kappa shape index (κ3) is 4.79. The van der Waals surface area contributed by atoms with Gasteiger partial charge in [-0.25, -0.2) is 4.68 Å². The molecule has 34 heavy (non-hydrogen) atoms. The van der Waals surface area contributed by atoms with Gasteiger partial charge in [0.25, 0.3) is 5.56 Å². The molecule has 0 amide bonds. The third-order valence-electron chi connectivity index (χ3n) is 7.44. The number of nitrogens with one attached hydrogen (secondary N) is 1. The number of rotatable bonds is 8. The lowest BCUT2D eigenvalue weighted by Gasteiger charge is -2.38. The number of fused-ring (bicyclic) bond motifs is 1. The van der Waals surface area contributed by atoms with Crippen molar-refractivity contribution in [3.05, 3.63) is 51.6 Å². The second-order valence-corrected chi connectivity index (χ2v) is 10.4. The van der Waals surface area contributed by atoms with E-state index in [2.05, 4.69) is 58.3 Å². The Balaban J connectivity index is 1.51. The van der Waals surface area contributed by atoms with Crippen molar-refractivity contribution >= 4 is 10.9 Å². The topological polar surface area (TPSA) is 88.9 Å². The van der Waals surface area contributed by atoms with Gasteiger partial charge in [0.15, 0.2) is 5.82 Å². The number of H-pyrrole nitrogens is 1. The monoisotopic (exact) mass is 464 g/mol. The van der Waals surface area contributed by atoms with Gasteiger partial charge >= 0.3 is 0 Å². The fourth-order valence-corrected chi connectivity index (χ4v) is 5.74. The first kappa shape index (κ1) is 23.2. The van der Waals surface area contributed by atoms with Gasteiger partial charge in [-0.2, -0.15) is 0 Å². The second-order valence-electron chi connectivity index (χ2n) is 10.4. The van der Waals surface area contributed by atoms with E-state index in [9.17, 15) is 4.79 Å². The maximum atomic E-state index is 13.1. The summed E-state index contributed by atoms with van der Waals surface area (Å²) in [6, 6.07) is 8.65. The number of hydrogen-bond donors (Lipinski definition) is 1. The minimum absolute atomic E-state index is 0.0131. The van der Waals surface area contributed by atoms with Crippen LogP contribution < -0.4 is 5.56 Å². The molecule has 0 bridgehead atoms. The van der Waals surface area contributed by atoms with Crippen LogP contribution in [0, 0.1) is 12.8 Å². The number of pyridine rings is 1. The van der Waals surface area contributed by atoms with Gasteiger partial charge in [-0.05, 0) is 72.5 Å². The summed E-state index contributed by atoms with van der Waals surface area (Å²) in [6.07, 6.45) is 7.03. The summed E-state index contributed by atoms with van der Waals surface area (Å²) in [7, 11) is 0. The highest BCUT2D eigenvalue weighted by Gasteiger charge is 2.36. The molecular formula is C26H36N6O2. The Bertz CT molecular complexity index is 1170. The van der Waals surface area contributed by atoms with Gasteiger partial charge in [0, 0.05) is 30.3 Å². The Morgan fingerprint density at radius 3 is 2.74 bits per heavy atom. The molecule has 1 saturated carbocycles. The predicted molar refractivity (Wildman–Crippen MR) is 131 cm³/mol. The molecule has 1 aliphatic carbocycles. The lowest BCUT2D eigenvalue weighted by molar-refractivity contribution is 0.0718. The number of benzene rings is 1. The molecule has 0 unspecified atom stereocenters. The van der Waals surface area contributed by atoms with Crippen molar-refractivity contribution in [2.75, 3.05) is 6.61 Å². The summed E-state index contributed by atoms with van der Waals surface area (Å²) in [4.78, 5) is 18.7. The molecule has 0 spiro atoms. The Hall–Kier alpha value is -2.58. The summed E-state index contributed by atoms with van der Waals surface area (Å²) >= 11 is 0. The molecule has 1 saturated heterocycles. The zero-order chi connectivity index (χ0) is 23.7. The summed E-state index contributed by atoms with van der Waals surface area (Å²) in [5.74, 6) is 1.17. The molecule has 2 aliphatic rings. The summed E-state index contributed by atoms with van der Waals surface area (Å²) < 4.78 is 7.81. The van der Waals surface area contributed by atoms with Crippen LogP contribution in [0.3, 0.4) is 0 Å². The largest absolute Gasteiger partial charge is 0.376 e. The molecular weight excluding hydrogens is 428 g/mol. The number of nitrogens with zero attached hydrogens (tertiary/aromatic N) is 5. The predicted octanol–water partition coefficient (Wildman–Crippen LogP) is 4.14. The van der Waals surface area contributed by atoms with Crippen molar-refractivity contribution in [1.82, 2.24) is 30.1 Å². The van der Waals surface area contributed by atoms with Crippen LogP contribution in [0.4, 0.5) is 0 Å². The Labute approximate surface area is 200 Å². The zero-order valence-electron chi connectivity index (χ0n) is 20.5. The molecule has 0 radical (unpaired) electrons. The molecule has 1 aliphatic heterocycles. The Morgan fingerprint density at radius 1 is 1.18 bits per heavy atom. The van der Waals surface area contributed by atoms with Gasteiger partial charge < -0.3 is 9.72 Å². The lowest BCUT2D eigenvalue weighted by Crippen LogP contribution is -2.41. The van der Waals surface area contributed by atoms with Crippen molar-refractivity contribution in [3.8, 4) is 0 Å². The minimum atomic E-state index is -0.0131. The van der Waals surface area contributed by atoms with Crippen LogP contribution in [0.2, 0.25) is 0 Å². The third-order valence-corrected chi connectivity index (χ3v) is 7.44. The van der Waals surface area contributed by atoms with Gasteiger partial charge in [-0.3, -0.25) is 9.69 Å². The smallest absolute Gasteiger partial charge is 0.252 e. The van der Waals surface area contributed by atoms with Crippen LogP contribution in [0.15, 0.2) is 29.1 Å². The van der Waals surface area contributed by atoms with Crippen molar-refractivity contribution in [2.45, 2.75) is 90.6 Å². The van der Waals surface area contributed by atoms with Crippen molar-refractivity contribution in [1.29, 1.82) is 0 Å². The van der Waals surface area contributed by atoms with Crippen LogP contribution in [0.25, 0.3) is 10.9 Å². The van der Waals surface area contributed by atoms with E-state index in [0.29, 0.717) is 19.1 Å². The second kappa shape index (κ2) is 9.96. The summed E-state index contributed by atoms with van der Waals surface area (Å²) in [6.45, 7) is 8.61. The zero-order valence-corrected chi connectivity index (χ0v) is 20.5. The highest BCUT2D eigenvalue weighted by molar-refractivity contribution is 5.79. The van der Waals surface area contributed by atoms with Gasteiger partial charge in [-0.15, -0.1) is 5.10 Å². The van der Waals surface area contributed by atoms with Gasteiger partial charge in [0.2, 0.25) is 0 Å². The molecule has 8 nitrogen and oxygen atoms in total. The number of ether oxygens (including phenoxy) is 1. The maximum absolute atomic E-state index is 13.1. The SMILES string of the molecule is Cc1ccc2[nH]c(=O)c(CN(C3CCCC3)[C@H](c3nnnn3C[C@@H]3CCCO3)C(C)C)cc2c1. The van der Waals surface area contributed by atoms with Crippen molar-refractivity contribution in [2.24, 2.45) is 5.92 Å². The first-order valence-electron chi connectivity index (χ1n) is 12.8. The van der Waals surface area contributed by atoms with E-state index in [4.69, 9.17) is 4.74 Å². The minimum Gasteiger partial charge on any atom is -0.376 e. The maximum Gasteiger partial charge on any atom is 0.252 e. The van der Waals surface area contributed by atoms with E-state index in [0.717, 1.165) is 54.6 Å². The number of aromatic amines is 1. The van der Waals surface area contributed by atoms with Gasteiger partial charge in [0.1, 0.15) is 0 Å². The molecule has 5 rings (SSSR count). The normalized spacial score (nSPS) is 20.2. The highest BCUT2D eigenvalue weighted by Crippen LogP contribution is 2.36. The van der Waals surface area contributed by atoms with Crippen LogP contribution in [-0.2, 0) is 17.8 Å². The van der Waals surface area contributed by atoms with E-state index in [1.54, 1.807) is 0 Å². The fourth-order valence-electron chi connectivity index (χ4n) is 5.74. The Kier molecular flexibility index (Phi) is 6.79. The summed E-state index contributed by atoms with van der Waals surface area (Å²) in [5, 5.41) is 14.0. The quantitative estimate of drug-likeness (QED) is 0.539. The average molecular weight is 465 g/mol. The van der Waals surface area contributed by atoms with E-state index >= 15 is 0 Å². The van der Waals surface area contributed by atoms with Crippen LogP contribution in [0.1, 0.15) is 75.4 Å². The number of aromatic nitrogens is 5. The van der Waals surface area contributed by atoms with E-state index in [-0.39, 0.29) is 23.6 Å².